The number of ether oxygens (including phenoxy) is 1. The second kappa shape index (κ2) is 9.04. The lowest BCUT2D eigenvalue weighted by Crippen LogP contribution is -2.50. The van der Waals surface area contributed by atoms with Crippen LogP contribution in [0.25, 0.3) is 0 Å². The number of hydrogen-bond donors (Lipinski definition) is 1. The monoisotopic (exact) mass is 414 g/mol. The van der Waals surface area contributed by atoms with E-state index in [-0.39, 0.29) is 12.5 Å². The van der Waals surface area contributed by atoms with Gasteiger partial charge in [0.05, 0.1) is 6.54 Å². The number of aryl methyl sites for hydroxylation is 2. The summed E-state index contributed by atoms with van der Waals surface area (Å²) in [6.45, 7) is 4.45. The summed E-state index contributed by atoms with van der Waals surface area (Å²) in [7, 11) is 0. The zero-order chi connectivity index (χ0) is 21.8. The van der Waals surface area contributed by atoms with E-state index in [1.54, 1.807) is 0 Å². The van der Waals surface area contributed by atoms with Gasteiger partial charge in [-0.05, 0) is 47.7 Å². The van der Waals surface area contributed by atoms with Crippen molar-refractivity contribution in [3.05, 3.63) is 101 Å². The molecule has 1 aliphatic rings. The van der Waals surface area contributed by atoms with E-state index in [4.69, 9.17) is 4.74 Å². The summed E-state index contributed by atoms with van der Waals surface area (Å²) < 4.78 is 5.56. The third kappa shape index (κ3) is 4.77. The number of benzene rings is 3. The van der Waals surface area contributed by atoms with Crippen molar-refractivity contribution >= 4 is 17.7 Å². The van der Waals surface area contributed by atoms with Gasteiger partial charge in [0, 0.05) is 12.1 Å². The van der Waals surface area contributed by atoms with Crippen LogP contribution in [0.15, 0.2) is 72.8 Å². The quantitative estimate of drug-likeness (QED) is 0.653. The maximum atomic E-state index is 13.3. The van der Waals surface area contributed by atoms with Crippen molar-refractivity contribution in [2.24, 2.45) is 0 Å². The molecule has 1 atom stereocenters. The van der Waals surface area contributed by atoms with Gasteiger partial charge in [-0.15, -0.1) is 0 Å². The smallest absolute Gasteiger partial charge is 0.411 e. The third-order valence-electron chi connectivity index (χ3n) is 5.64. The molecular weight excluding hydrogens is 388 g/mol. The first-order valence-corrected chi connectivity index (χ1v) is 10.4. The molecule has 0 fully saturated rings. The Kier molecular flexibility index (Phi) is 6.03. The molecule has 0 bridgehead atoms. The highest BCUT2D eigenvalue weighted by atomic mass is 16.6. The second-order valence-electron chi connectivity index (χ2n) is 7.96. The maximum absolute atomic E-state index is 13.3. The number of anilines is 1. The minimum Gasteiger partial charge on any atom is -0.445 e. The van der Waals surface area contributed by atoms with E-state index in [0.29, 0.717) is 13.0 Å². The molecular formula is C26H26N2O3. The summed E-state index contributed by atoms with van der Waals surface area (Å²) in [6, 6.07) is 22.7. The van der Waals surface area contributed by atoms with Crippen molar-refractivity contribution in [1.82, 2.24) is 4.90 Å². The van der Waals surface area contributed by atoms with Crippen molar-refractivity contribution in [1.29, 1.82) is 0 Å². The standard InChI is InChI=1S/C26H26N2O3/c1-18-12-13-19(2)23(14-18)27-25(29)24-15-21-10-6-7-11-22(21)16-28(24)26(30)31-17-20-8-4-3-5-9-20/h3-14,24H,15-17H2,1-2H3,(H,27,29)/t24-/m0/s1. The highest BCUT2D eigenvalue weighted by molar-refractivity contribution is 5.97. The fraction of sp³-hybridized carbons (Fsp3) is 0.231. The molecule has 1 aliphatic heterocycles. The molecule has 1 N–H and O–H groups in total. The average Bonchev–Trinajstić information content (AvgIpc) is 2.79. The van der Waals surface area contributed by atoms with Gasteiger partial charge in [-0.1, -0.05) is 66.7 Å². The van der Waals surface area contributed by atoms with Crippen molar-refractivity contribution in [2.45, 2.75) is 39.5 Å². The van der Waals surface area contributed by atoms with Crippen molar-refractivity contribution < 1.29 is 14.3 Å². The van der Waals surface area contributed by atoms with Crippen LogP contribution in [0.5, 0.6) is 0 Å². The van der Waals surface area contributed by atoms with E-state index in [2.05, 4.69) is 5.32 Å². The van der Waals surface area contributed by atoms with Gasteiger partial charge in [0.2, 0.25) is 5.91 Å². The second-order valence-corrected chi connectivity index (χ2v) is 7.96. The molecule has 2 amide bonds. The van der Waals surface area contributed by atoms with Crippen LogP contribution < -0.4 is 5.32 Å². The molecule has 0 saturated heterocycles. The van der Waals surface area contributed by atoms with Crippen LogP contribution in [0.2, 0.25) is 0 Å². The fourth-order valence-electron chi connectivity index (χ4n) is 3.84. The summed E-state index contributed by atoms with van der Waals surface area (Å²) in [4.78, 5) is 27.8. The molecule has 0 radical (unpaired) electrons. The number of nitrogens with one attached hydrogen (secondary N) is 1. The summed E-state index contributed by atoms with van der Waals surface area (Å²) >= 11 is 0. The first-order chi connectivity index (χ1) is 15.0. The van der Waals surface area contributed by atoms with Crippen LogP contribution >= 0.6 is 0 Å². The van der Waals surface area contributed by atoms with Crippen LogP contribution in [-0.4, -0.2) is 22.9 Å². The number of carbonyl (C=O) groups is 2. The number of amides is 2. The third-order valence-corrected chi connectivity index (χ3v) is 5.64. The van der Waals surface area contributed by atoms with E-state index in [9.17, 15) is 9.59 Å². The maximum Gasteiger partial charge on any atom is 0.411 e. The summed E-state index contributed by atoms with van der Waals surface area (Å²) in [5, 5.41) is 3.02. The molecule has 0 aromatic heterocycles. The van der Waals surface area contributed by atoms with Gasteiger partial charge in [-0.3, -0.25) is 9.69 Å². The molecule has 3 aromatic rings. The predicted octanol–water partition coefficient (Wildman–Crippen LogP) is 5.01. The van der Waals surface area contributed by atoms with Crippen LogP contribution in [0, 0.1) is 13.8 Å². The van der Waals surface area contributed by atoms with E-state index in [1.165, 1.54) is 4.90 Å². The molecule has 0 aliphatic carbocycles. The molecule has 4 rings (SSSR count). The van der Waals surface area contributed by atoms with E-state index in [1.807, 2.05) is 86.6 Å². The number of fused-ring (bicyclic) bond motifs is 1. The number of nitrogens with zero attached hydrogens (tertiary/aromatic N) is 1. The Morgan fingerprint density at radius 1 is 0.968 bits per heavy atom. The zero-order valence-corrected chi connectivity index (χ0v) is 17.8. The van der Waals surface area contributed by atoms with E-state index >= 15 is 0 Å². The fourth-order valence-corrected chi connectivity index (χ4v) is 3.84. The van der Waals surface area contributed by atoms with Gasteiger partial charge in [-0.25, -0.2) is 4.79 Å². The number of rotatable bonds is 4. The van der Waals surface area contributed by atoms with Crippen LogP contribution in [-0.2, 0) is 29.1 Å². The van der Waals surface area contributed by atoms with Gasteiger partial charge in [0.25, 0.3) is 0 Å². The van der Waals surface area contributed by atoms with Crippen molar-refractivity contribution in [2.75, 3.05) is 5.32 Å². The Morgan fingerprint density at radius 2 is 1.68 bits per heavy atom. The topological polar surface area (TPSA) is 58.6 Å². The first-order valence-electron chi connectivity index (χ1n) is 10.4. The van der Waals surface area contributed by atoms with Crippen LogP contribution in [0.4, 0.5) is 10.5 Å². The minimum absolute atomic E-state index is 0.170. The molecule has 0 spiro atoms. The summed E-state index contributed by atoms with van der Waals surface area (Å²) in [5.74, 6) is -0.208. The number of hydrogen-bond acceptors (Lipinski definition) is 3. The lowest BCUT2D eigenvalue weighted by atomic mass is 9.93. The predicted molar refractivity (Wildman–Crippen MR) is 121 cm³/mol. The Morgan fingerprint density at radius 3 is 2.45 bits per heavy atom. The van der Waals surface area contributed by atoms with Gasteiger partial charge < -0.3 is 10.1 Å². The Hall–Kier alpha value is -3.60. The summed E-state index contributed by atoms with van der Waals surface area (Å²) in [6.07, 6.45) is -0.0349. The molecule has 0 unspecified atom stereocenters. The largest absolute Gasteiger partial charge is 0.445 e. The van der Waals surface area contributed by atoms with Crippen molar-refractivity contribution in [3.8, 4) is 0 Å². The van der Waals surface area contributed by atoms with Crippen molar-refractivity contribution in [3.63, 3.8) is 0 Å². The SMILES string of the molecule is Cc1ccc(C)c(NC(=O)[C@@H]2Cc3ccccc3CN2C(=O)OCc2ccccc2)c1. The first kappa shape index (κ1) is 20.7. The summed E-state index contributed by atoms with van der Waals surface area (Å²) in [5.41, 5.74) is 5.83. The Labute approximate surface area is 182 Å². The number of carbonyl (C=O) groups excluding carboxylic acids is 2. The Bertz CT molecular complexity index is 1090. The highest BCUT2D eigenvalue weighted by Crippen LogP contribution is 2.26. The molecule has 158 valence electrons. The van der Waals surface area contributed by atoms with E-state index in [0.717, 1.165) is 33.5 Å². The Balaban J connectivity index is 1.55. The van der Waals surface area contributed by atoms with Crippen LogP contribution in [0.1, 0.15) is 27.8 Å². The zero-order valence-electron chi connectivity index (χ0n) is 17.8. The molecule has 1 heterocycles. The molecule has 5 heteroatoms. The molecule has 5 nitrogen and oxygen atoms in total. The van der Waals surface area contributed by atoms with Gasteiger partial charge >= 0.3 is 6.09 Å². The lowest BCUT2D eigenvalue weighted by Gasteiger charge is -2.35. The lowest BCUT2D eigenvalue weighted by molar-refractivity contribution is -0.121. The minimum atomic E-state index is -0.641. The van der Waals surface area contributed by atoms with Gasteiger partial charge in [-0.2, -0.15) is 0 Å². The van der Waals surface area contributed by atoms with E-state index < -0.39 is 12.1 Å². The highest BCUT2D eigenvalue weighted by Gasteiger charge is 2.35. The molecule has 0 saturated carbocycles. The van der Waals surface area contributed by atoms with Gasteiger partial charge in [0.1, 0.15) is 12.6 Å². The molecule has 31 heavy (non-hydrogen) atoms. The normalized spacial score (nSPS) is 15.2. The molecule has 3 aromatic carbocycles. The average molecular weight is 415 g/mol. The van der Waals surface area contributed by atoms with Gasteiger partial charge in [0.15, 0.2) is 0 Å². The van der Waals surface area contributed by atoms with Crippen LogP contribution in [0.3, 0.4) is 0 Å².